The van der Waals surface area contributed by atoms with Gasteiger partial charge in [-0.3, -0.25) is 0 Å². The number of halogens is 1. The van der Waals surface area contributed by atoms with Crippen molar-refractivity contribution in [3.8, 4) is 0 Å². The molecule has 13 heavy (non-hydrogen) atoms. The molecule has 0 heterocycles. The Labute approximate surface area is 94.2 Å². The topological polar surface area (TPSA) is 0 Å². The van der Waals surface area contributed by atoms with E-state index in [0.29, 0.717) is 9.46 Å². The summed E-state index contributed by atoms with van der Waals surface area (Å²) in [6.45, 7) is 6.79. The number of hydrogen-bond donors (Lipinski definition) is 0. The van der Waals surface area contributed by atoms with Gasteiger partial charge in [0.1, 0.15) is 0 Å². The summed E-state index contributed by atoms with van der Waals surface area (Å²) in [7, 11) is 6.13. The molecule has 1 atom stereocenters. The number of benzene rings is 1. The summed E-state index contributed by atoms with van der Waals surface area (Å²) in [5.74, 6) is 0. The van der Waals surface area contributed by atoms with Crippen molar-refractivity contribution in [2.24, 2.45) is 5.41 Å². The van der Waals surface area contributed by atoms with Gasteiger partial charge in [-0.15, -0.1) is 0 Å². The molecular formula is C11H15ClMg. The largest absolute Gasteiger partial charge is 0.509 e. The van der Waals surface area contributed by atoms with Crippen LogP contribution in [0, 0.1) is 5.41 Å². The molecule has 1 rings (SSSR count). The van der Waals surface area contributed by atoms with E-state index in [4.69, 9.17) is 9.07 Å². The van der Waals surface area contributed by atoms with E-state index in [0.717, 1.165) is 0 Å². The minimum atomic E-state index is -0.502. The summed E-state index contributed by atoms with van der Waals surface area (Å²) in [6.07, 6.45) is 0. The van der Waals surface area contributed by atoms with Crippen molar-refractivity contribution < 1.29 is 0 Å². The Morgan fingerprint density at radius 2 is 1.69 bits per heavy atom. The van der Waals surface area contributed by atoms with Crippen LogP contribution >= 0.6 is 9.07 Å². The molecule has 0 nitrogen and oxygen atoms in total. The zero-order chi connectivity index (χ0) is 9.90. The van der Waals surface area contributed by atoms with E-state index in [1.54, 1.807) is 0 Å². The molecule has 1 unspecified atom stereocenters. The maximum absolute atomic E-state index is 6.13. The normalized spacial score (nSPS) is 13.5. The second-order valence-electron chi connectivity index (χ2n) is 4.48. The van der Waals surface area contributed by atoms with Crippen LogP contribution in [-0.4, -0.2) is 19.3 Å². The lowest BCUT2D eigenvalue weighted by molar-refractivity contribution is 0.394. The van der Waals surface area contributed by atoms with Gasteiger partial charge < -0.3 is 9.07 Å². The zero-order valence-electron chi connectivity index (χ0n) is 8.55. The van der Waals surface area contributed by atoms with Crippen LogP contribution in [0.1, 0.15) is 30.4 Å². The van der Waals surface area contributed by atoms with Crippen LogP contribution in [-0.2, 0) is 0 Å². The Kier molecular flexibility index (Phi) is 4.08. The third-order valence-electron chi connectivity index (χ3n) is 2.40. The third-order valence-corrected chi connectivity index (χ3v) is 5.33. The Morgan fingerprint density at radius 3 is 2.08 bits per heavy atom. The van der Waals surface area contributed by atoms with Crippen LogP contribution < -0.4 is 0 Å². The maximum atomic E-state index is 6.13. The molecule has 0 aromatic heterocycles. The highest BCUT2D eigenvalue weighted by Crippen LogP contribution is 2.34. The first kappa shape index (κ1) is 11.4. The molecule has 0 aliphatic heterocycles. The first-order chi connectivity index (χ1) is 6.05. The summed E-state index contributed by atoms with van der Waals surface area (Å²) in [5, 5.41) is 0. The van der Waals surface area contributed by atoms with Gasteiger partial charge in [0.2, 0.25) is 0 Å². The summed E-state index contributed by atoms with van der Waals surface area (Å²) in [5.41, 5.74) is 1.70. The van der Waals surface area contributed by atoms with Gasteiger partial charge in [-0.2, -0.15) is 0 Å². The molecule has 0 N–H and O–H groups in total. The average Bonchev–Trinajstić information content (AvgIpc) is 2.05. The highest BCUT2D eigenvalue weighted by Gasteiger charge is 2.26. The molecule has 0 fully saturated rings. The predicted molar refractivity (Wildman–Crippen MR) is 60.2 cm³/mol. The van der Waals surface area contributed by atoms with Gasteiger partial charge in [0.25, 0.3) is 0 Å². The Balaban J connectivity index is 2.92. The molecule has 0 spiro atoms. The highest BCUT2D eigenvalue weighted by atomic mass is 35.5. The standard InChI is InChI=1S/C11H15.ClH.Mg/c1-11(2,3)9-10-7-5-4-6-8-10;;/h4-9H,1-3H3;1H;/q;;+1/p-1. The van der Waals surface area contributed by atoms with E-state index in [-0.39, 0.29) is 0 Å². The third kappa shape index (κ3) is 3.15. The lowest BCUT2D eigenvalue weighted by Crippen LogP contribution is -2.21. The van der Waals surface area contributed by atoms with Gasteiger partial charge in [0, 0.05) is 0 Å². The molecule has 0 aliphatic rings. The fraction of sp³-hybridized carbons (Fsp3) is 0.455. The summed E-state index contributed by atoms with van der Waals surface area (Å²) >= 11 is -0.502. The average molecular weight is 207 g/mol. The van der Waals surface area contributed by atoms with Crippen LogP contribution in [0.2, 0.25) is 0 Å². The lowest BCUT2D eigenvalue weighted by Gasteiger charge is -2.29. The fourth-order valence-corrected chi connectivity index (χ4v) is 4.34. The number of rotatable bonds is 2. The summed E-state index contributed by atoms with van der Waals surface area (Å²) in [6, 6.07) is 10.6. The fourth-order valence-electron chi connectivity index (χ4n) is 1.51. The lowest BCUT2D eigenvalue weighted by atomic mass is 9.87. The van der Waals surface area contributed by atoms with Crippen molar-refractivity contribution in [1.82, 2.24) is 0 Å². The zero-order valence-corrected chi connectivity index (χ0v) is 10.7. The van der Waals surface area contributed by atoms with Crippen molar-refractivity contribution in [2.45, 2.75) is 24.8 Å². The van der Waals surface area contributed by atoms with Crippen LogP contribution in [0.25, 0.3) is 0 Å². The van der Waals surface area contributed by atoms with Gasteiger partial charge in [-0.05, 0) is 0 Å². The van der Waals surface area contributed by atoms with E-state index >= 15 is 0 Å². The second kappa shape index (κ2) is 4.67. The van der Waals surface area contributed by atoms with Gasteiger partial charge in [-0.1, -0.05) is 66.1 Å². The van der Waals surface area contributed by atoms with E-state index in [1.807, 2.05) is 0 Å². The van der Waals surface area contributed by atoms with Gasteiger partial charge in [0.05, 0.1) is 0 Å². The van der Waals surface area contributed by atoms with Crippen LogP contribution in [0.15, 0.2) is 30.3 Å². The smallest absolute Gasteiger partial charge is 0.345 e. The van der Waals surface area contributed by atoms with E-state index < -0.39 is 19.3 Å². The van der Waals surface area contributed by atoms with Crippen molar-refractivity contribution >= 4 is 28.3 Å². The summed E-state index contributed by atoms with van der Waals surface area (Å²) < 4.78 is 0.579. The highest BCUT2D eigenvalue weighted by molar-refractivity contribution is 6.94. The molecule has 0 saturated heterocycles. The minimum absolute atomic E-state index is 0.301. The molecule has 2 heteroatoms. The predicted octanol–water partition coefficient (Wildman–Crippen LogP) is 3.63. The van der Waals surface area contributed by atoms with E-state index in [1.165, 1.54) is 5.56 Å². The molecule has 0 aliphatic carbocycles. The van der Waals surface area contributed by atoms with Crippen LogP contribution in [0.4, 0.5) is 0 Å². The van der Waals surface area contributed by atoms with Crippen LogP contribution in [0.3, 0.4) is 0 Å². The molecule has 0 radical (unpaired) electrons. The second-order valence-corrected chi connectivity index (χ2v) is 6.53. The SMILES string of the molecule is CC(C)(C)[CH]([Mg][Cl])c1ccccc1. The first-order valence-corrected chi connectivity index (χ1v) is 7.62. The molecule has 0 saturated carbocycles. The van der Waals surface area contributed by atoms with Gasteiger partial charge >= 0.3 is 19.3 Å². The summed E-state index contributed by atoms with van der Waals surface area (Å²) in [4.78, 5) is 0. The van der Waals surface area contributed by atoms with Crippen molar-refractivity contribution in [1.29, 1.82) is 0 Å². The molecule has 1 aromatic rings. The van der Waals surface area contributed by atoms with Gasteiger partial charge in [0.15, 0.2) is 0 Å². The molecule has 0 bridgehead atoms. The van der Waals surface area contributed by atoms with Crippen molar-refractivity contribution in [3.05, 3.63) is 35.9 Å². The molecule has 1 aromatic carbocycles. The van der Waals surface area contributed by atoms with E-state index in [9.17, 15) is 0 Å². The van der Waals surface area contributed by atoms with Crippen molar-refractivity contribution in [2.75, 3.05) is 0 Å². The van der Waals surface area contributed by atoms with Gasteiger partial charge in [-0.25, -0.2) is 0 Å². The van der Waals surface area contributed by atoms with E-state index in [2.05, 4.69) is 51.1 Å². The minimum Gasteiger partial charge on any atom is -0.345 e. The van der Waals surface area contributed by atoms with Crippen LogP contribution in [0.5, 0.6) is 0 Å². The van der Waals surface area contributed by atoms with Crippen molar-refractivity contribution in [3.63, 3.8) is 0 Å². The Morgan fingerprint density at radius 1 is 1.15 bits per heavy atom. The number of hydrogen-bond acceptors (Lipinski definition) is 0. The monoisotopic (exact) mass is 206 g/mol. The Bertz CT molecular complexity index is 251. The maximum Gasteiger partial charge on any atom is 0.509 e. The molecule has 0 amide bonds. The first-order valence-electron chi connectivity index (χ1n) is 4.66. The molecular weight excluding hydrogens is 192 g/mol. The molecule has 68 valence electrons. The Hall–Kier alpha value is 0.276. The quantitative estimate of drug-likeness (QED) is 0.649.